The fourth-order valence-corrected chi connectivity index (χ4v) is 3.93. The molecule has 2 rings (SSSR count). The number of nitrogens with zero attached hydrogens (tertiary/aromatic N) is 1. The zero-order valence-electron chi connectivity index (χ0n) is 17.4. The van der Waals surface area contributed by atoms with E-state index in [1.807, 2.05) is 36.4 Å². The highest BCUT2D eigenvalue weighted by atomic mass is 35.5. The Kier molecular flexibility index (Phi) is 10.6. The summed E-state index contributed by atoms with van der Waals surface area (Å²) in [7, 11) is 0. The molecule has 0 aliphatic rings. The van der Waals surface area contributed by atoms with Crippen LogP contribution in [-0.4, -0.2) is 35.1 Å². The SMILES string of the molecule is CCCCNC(=O)[C@@H](C)N(Cc1ccc(Cl)cc1)C(=O)CCSc1ccc(Cl)cc1. The molecule has 0 aliphatic carbocycles. The number of carbonyl (C=O) groups excluding carboxylic acids is 2. The van der Waals surface area contributed by atoms with Crippen LogP contribution in [0.5, 0.6) is 0 Å². The van der Waals surface area contributed by atoms with Crippen LogP contribution >= 0.6 is 35.0 Å². The number of halogens is 2. The highest BCUT2D eigenvalue weighted by Gasteiger charge is 2.25. The second-order valence-corrected chi connectivity index (χ2v) is 9.06. The van der Waals surface area contributed by atoms with E-state index >= 15 is 0 Å². The molecule has 0 aromatic heterocycles. The number of hydrogen-bond acceptors (Lipinski definition) is 3. The van der Waals surface area contributed by atoms with Crippen LogP contribution in [0.2, 0.25) is 10.0 Å². The van der Waals surface area contributed by atoms with E-state index in [-0.39, 0.29) is 11.8 Å². The van der Waals surface area contributed by atoms with Crippen LogP contribution < -0.4 is 5.32 Å². The quantitative estimate of drug-likeness (QED) is 0.335. The van der Waals surface area contributed by atoms with Gasteiger partial charge in [-0.2, -0.15) is 0 Å². The third-order valence-electron chi connectivity index (χ3n) is 4.66. The predicted octanol–water partition coefficient (Wildman–Crippen LogP) is 5.81. The van der Waals surface area contributed by atoms with Crippen molar-refractivity contribution in [3.05, 3.63) is 64.1 Å². The van der Waals surface area contributed by atoms with E-state index in [2.05, 4.69) is 12.2 Å². The number of amides is 2. The first-order valence-electron chi connectivity index (χ1n) is 10.1. The molecule has 1 N–H and O–H groups in total. The van der Waals surface area contributed by atoms with Gasteiger partial charge < -0.3 is 10.2 Å². The van der Waals surface area contributed by atoms with Gasteiger partial charge in [0.2, 0.25) is 11.8 Å². The second-order valence-electron chi connectivity index (χ2n) is 7.02. The number of nitrogens with one attached hydrogen (secondary N) is 1. The Balaban J connectivity index is 2.02. The fraction of sp³-hybridized carbons (Fsp3) is 0.391. The molecule has 0 saturated heterocycles. The van der Waals surface area contributed by atoms with Crippen molar-refractivity contribution < 1.29 is 9.59 Å². The zero-order valence-corrected chi connectivity index (χ0v) is 19.7. The lowest BCUT2D eigenvalue weighted by atomic mass is 10.1. The minimum atomic E-state index is -0.550. The van der Waals surface area contributed by atoms with Crippen molar-refractivity contribution in [1.82, 2.24) is 10.2 Å². The van der Waals surface area contributed by atoms with Gasteiger partial charge in [-0.25, -0.2) is 0 Å². The lowest BCUT2D eigenvalue weighted by Gasteiger charge is -2.29. The Labute approximate surface area is 193 Å². The molecule has 0 heterocycles. The molecule has 0 unspecified atom stereocenters. The smallest absolute Gasteiger partial charge is 0.242 e. The largest absolute Gasteiger partial charge is 0.354 e. The average molecular weight is 467 g/mol. The van der Waals surface area contributed by atoms with Gasteiger partial charge >= 0.3 is 0 Å². The summed E-state index contributed by atoms with van der Waals surface area (Å²) >= 11 is 13.5. The molecule has 0 bridgehead atoms. The fourth-order valence-electron chi connectivity index (χ4n) is 2.84. The van der Waals surface area contributed by atoms with Crippen LogP contribution in [0.3, 0.4) is 0 Å². The van der Waals surface area contributed by atoms with Gasteiger partial charge in [0, 0.05) is 40.2 Å². The standard InChI is InChI=1S/C23H28Cl2N2O2S/c1-3-4-14-26-23(29)17(2)27(16-18-5-7-19(24)8-6-18)22(28)13-15-30-21-11-9-20(25)10-12-21/h5-12,17H,3-4,13-16H2,1-2H3,(H,26,29)/t17-/m1/s1. The average Bonchev–Trinajstić information content (AvgIpc) is 2.74. The molecular formula is C23H28Cl2N2O2S. The summed E-state index contributed by atoms with van der Waals surface area (Å²) < 4.78 is 0. The molecule has 0 radical (unpaired) electrons. The third kappa shape index (κ3) is 8.21. The van der Waals surface area contributed by atoms with E-state index in [9.17, 15) is 9.59 Å². The molecule has 162 valence electrons. The maximum absolute atomic E-state index is 13.0. The number of thioether (sulfide) groups is 1. The van der Waals surface area contributed by atoms with Crippen molar-refractivity contribution in [2.24, 2.45) is 0 Å². The molecule has 2 aromatic rings. The Morgan fingerprint density at radius 1 is 1.03 bits per heavy atom. The monoisotopic (exact) mass is 466 g/mol. The van der Waals surface area contributed by atoms with Crippen molar-refractivity contribution in [2.75, 3.05) is 12.3 Å². The highest BCUT2D eigenvalue weighted by Crippen LogP contribution is 2.22. The van der Waals surface area contributed by atoms with Crippen molar-refractivity contribution in [3.8, 4) is 0 Å². The Morgan fingerprint density at radius 2 is 1.63 bits per heavy atom. The van der Waals surface area contributed by atoms with E-state index in [0.29, 0.717) is 35.3 Å². The van der Waals surface area contributed by atoms with E-state index in [4.69, 9.17) is 23.2 Å². The summed E-state index contributed by atoms with van der Waals surface area (Å²) in [6.07, 6.45) is 2.26. The van der Waals surface area contributed by atoms with Crippen molar-refractivity contribution in [3.63, 3.8) is 0 Å². The lowest BCUT2D eigenvalue weighted by molar-refractivity contribution is -0.140. The minimum absolute atomic E-state index is 0.0513. The summed E-state index contributed by atoms with van der Waals surface area (Å²) in [5, 5.41) is 4.26. The van der Waals surface area contributed by atoms with Gasteiger partial charge in [-0.15, -0.1) is 11.8 Å². The molecule has 1 atom stereocenters. The number of hydrogen-bond donors (Lipinski definition) is 1. The maximum atomic E-state index is 13.0. The summed E-state index contributed by atoms with van der Waals surface area (Å²) in [6.45, 7) is 4.84. The van der Waals surface area contributed by atoms with Gasteiger partial charge in [0.25, 0.3) is 0 Å². The van der Waals surface area contributed by atoms with E-state index < -0.39 is 6.04 Å². The molecule has 7 heteroatoms. The number of carbonyl (C=O) groups is 2. The van der Waals surface area contributed by atoms with E-state index in [0.717, 1.165) is 23.3 Å². The van der Waals surface area contributed by atoms with Crippen LogP contribution in [0.1, 0.15) is 38.7 Å². The first-order chi connectivity index (χ1) is 14.4. The molecule has 4 nitrogen and oxygen atoms in total. The lowest BCUT2D eigenvalue weighted by Crippen LogP contribution is -2.47. The summed E-state index contributed by atoms with van der Waals surface area (Å²) in [4.78, 5) is 28.3. The Morgan fingerprint density at radius 3 is 2.23 bits per heavy atom. The molecule has 2 aromatic carbocycles. The zero-order chi connectivity index (χ0) is 21.9. The van der Waals surface area contributed by atoms with Crippen LogP contribution in [-0.2, 0) is 16.1 Å². The van der Waals surface area contributed by atoms with E-state index in [1.165, 1.54) is 0 Å². The Hall–Kier alpha value is -1.69. The summed E-state index contributed by atoms with van der Waals surface area (Å²) in [5.41, 5.74) is 0.936. The van der Waals surface area contributed by atoms with Crippen molar-refractivity contribution >= 4 is 46.8 Å². The maximum Gasteiger partial charge on any atom is 0.242 e. The summed E-state index contributed by atoms with van der Waals surface area (Å²) in [5.74, 6) is 0.447. The molecule has 0 spiro atoms. The summed E-state index contributed by atoms with van der Waals surface area (Å²) in [6, 6.07) is 14.3. The van der Waals surface area contributed by atoms with Crippen LogP contribution in [0.25, 0.3) is 0 Å². The third-order valence-corrected chi connectivity index (χ3v) is 6.18. The van der Waals surface area contributed by atoms with E-state index in [1.54, 1.807) is 35.7 Å². The van der Waals surface area contributed by atoms with Crippen LogP contribution in [0, 0.1) is 0 Å². The first-order valence-corrected chi connectivity index (χ1v) is 11.8. The molecule has 0 aliphatic heterocycles. The molecule has 30 heavy (non-hydrogen) atoms. The van der Waals surface area contributed by atoms with Crippen molar-refractivity contribution in [1.29, 1.82) is 0 Å². The van der Waals surface area contributed by atoms with Gasteiger partial charge in [-0.1, -0.05) is 48.7 Å². The van der Waals surface area contributed by atoms with Gasteiger partial charge in [0.1, 0.15) is 6.04 Å². The second kappa shape index (κ2) is 12.9. The number of rotatable bonds is 11. The van der Waals surface area contributed by atoms with Crippen LogP contribution in [0.4, 0.5) is 0 Å². The topological polar surface area (TPSA) is 49.4 Å². The molecule has 0 fully saturated rings. The number of benzene rings is 2. The predicted molar refractivity (Wildman–Crippen MR) is 126 cm³/mol. The molecule has 0 saturated carbocycles. The van der Waals surface area contributed by atoms with Gasteiger partial charge in [-0.05, 0) is 55.3 Å². The number of unbranched alkanes of at least 4 members (excludes halogenated alkanes) is 1. The molecular weight excluding hydrogens is 439 g/mol. The van der Waals surface area contributed by atoms with Gasteiger partial charge in [0.05, 0.1) is 0 Å². The minimum Gasteiger partial charge on any atom is -0.354 e. The Bertz CT molecular complexity index is 813. The van der Waals surface area contributed by atoms with Crippen LogP contribution in [0.15, 0.2) is 53.4 Å². The van der Waals surface area contributed by atoms with Gasteiger partial charge in [-0.3, -0.25) is 9.59 Å². The van der Waals surface area contributed by atoms with Crippen molar-refractivity contribution in [2.45, 2.75) is 50.6 Å². The van der Waals surface area contributed by atoms with Gasteiger partial charge in [0.15, 0.2) is 0 Å². The first kappa shape index (κ1) is 24.6. The molecule has 2 amide bonds. The normalized spacial score (nSPS) is 11.7. The highest BCUT2D eigenvalue weighted by molar-refractivity contribution is 7.99.